The predicted octanol–water partition coefficient (Wildman–Crippen LogP) is 5.49. The summed E-state index contributed by atoms with van der Waals surface area (Å²) in [5.74, 6) is -1.11. The van der Waals surface area contributed by atoms with E-state index in [1.54, 1.807) is 13.2 Å². The Morgan fingerprint density at radius 3 is 2.59 bits per heavy atom. The lowest BCUT2D eigenvalue weighted by Crippen LogP contribution is -2.40. The molecule has 1 N–H and O–H groups in total. The lowest BCUT2D eigenvalue weighted by Gasteiger charge is -2.32. The van der Waals surface area contributed by atoms with Gasteiger partial charge in [-0.2, -0.15) is 0 Å². The minimum absolute atomic E-state index is 0.0269. The summed E-state index contributed by atoms with van der Waals surface area (Å²) in [5.41, 5.74) is 3.40. The quantitative estimate of drug-likeness (QED) is 0.556. The molecule has 3 aromatic rings. The number of ether oxygens (including phenoxy) is 1. The molecule has 6 heteroatoms. The molecule has 0 bridgehead atoms. The van der Waals surface area contributed by atoms with Crippen LogP contribution in [0, 0.1) is 17.6 Å². The molecule has 4 nitrogen and oxygen atoms in total. The average Bonchev–Trinajstić information content (AvgIpc) is 2.82. The molecule has 32 heavy (non-hydrogen) atoms. The van der Waals surface area contributed by atoms with Crippen LogP contribution in [0.1, 0.15) is 18.4 Å². The van der Waals surface area contributed by atoms with Crippen molar-refractivity contribution >= 4 is 11.6 Å². The third-order valence-electron chi connectivity index (χ3n) is 5.85. The lowest BCUT2D eigenvalue weighted by molar-refractivity contribution is -0.121. The van der Waals surface area contributed by atoms with Gasteiger partial charge in [-0.3, -0.25) is 9.69 Å². The lowest BCUT2D eigenvalue weighted by atomic mass is 9.96. The molecule has 0 unspecified atom stereocenters. The second kappa shape index (κ2) is 9.92. The van der Waals surface area contributed by atoms with Gasteiger partial charge in [0.05, 0.1) is 13.0 Å². The molecule has 0 spiro atoms. The predicted molar refractivity (Wildman–Crippen MR) is 121 cm³/mol. The van der Waals surface area contributed by atoms with Gasteiger partial charge < -0.3 is 10.1 Å². The summed E-state index contributed by atoms with van der Waals surface area (Å²) in [5, 5.41) is 3.10. The van der Waals surface area contributed by atoms with Gasteiger partial charge >= 0.3 is 0 Å². The number of amides is 1. The van der Waals surface area contributed by atoms with Crippen LogP contribution in [-0.4, -0.2) is 31.0 Å². The molecule has 0 radical (unpaired) electrons. The molecule has 1 saturated heterocycles. The Labute approximate surface area is 186 Å². The van der Waals surface area contributed by atoms with Gasteiger partial charge in [0, 0.05) is 24.3 Å². The van der Waals surface area contributed by atoms with Crippen LogP contribution in [0.4, 0.5) is 14.5 Å². The zero-order valence-corrected chi connectivity index (χ0v) is 18.0. The van der Waals surface area contributed by atoms with E-state index in [1.165, 1.54) is 6.07 Å². The molecule has 1 aliphatic rings. The van der Waals surface area contributed by atoms with E-state index in [4.69, 9.17) is 4.74 Å². The second-order valence-electron chi connectivity index (χ2n) is 8.09. The van der Waals surface area contributed by atoms with Crippen LogP contribution < -0.4 is 10.1 Å². The van der Waals surface area contributed by atoms with Crippen molar-refractivity contribution in [2.24, 2.45) is 5.92 Å². The monoisotopic (exact) mass is 436 g/mol. The summed E-state index contributed by atoms with van der Waals surface area (Å²) in [4.78, 5) is 15.2. The van der Waals surface area contributed by atoms with Crippen LogP contribution in [0.2, 0.25) is 0 Å². The van der Waals surface area contributed by atoms with Crippen molar-refractivity contribution in [3.8, 4) is 16.9 Å². The zero-order valence-electron chi connectivity index (χ0n) is 18.0. The molecule has 166 valence electrons. The molecule has 1 atom stereocenters. The molecule has 1 fully saturated rings. The summed E-state index contributed by atoms with van der Waals surface area (Å²) in [6, 6.07) is 19.4. The summed E-state index contributed by atoms with van der Waals surface area (Å²) in [7, 11) is 1.63. The third kappa shape index (κ3) is 5.14. The van der Waals surface area contributed by atoms with Crippen LogP contribution >= 0.6 is 0 Å². The molecule has 1 amide bonds. The number of hydrogen-bond donors (Lipinski definition) is 1. The van der Waals surface area contributed by atoms with Gasteiger partial charge in [0.15, 0.2) is 11.6 Å². The number of hydrogen-bond acceptors (Lipinski definition) is 3. The Kier molecular flexibility index (Phi) is 6.81. The first kappa shape index (κ1) is 22.0. The number of carbonyl (C=O) groups is 1. The molecule has 1 heterocycles. The summed E-state index contributed by atoms with van der Waals surface area (Å²) >= 11 is 0. The van der Waals surface area contributed by atoms with E-state index in [1.807, 2.05) is 48.5 Å². The number of piperidine rings is 1. The van der Waals surface area contributed by atoms with Crippen molar-refractivity contribution in [2.75, 3.05) is 25.5 Å². The fourth-order valence-corrected chi connectivity index (χ4v) is 4.16. The van der Waals surface area contributed by atoms with E-state index in [0.29, 0.717) is 18.7 Å². The Morgan fingerprint density at radius 1 is 1.06 bits per heavy atom. The first-order valence-corrected chi connectivity index (χ1v) is 10.7. The highest BCUT2D eigenvalue weighted by Crippen LogP contribution is 2.30. The van der Waals surface area contributed by atoms with Crippen LogP contribution in [0.5, 0.6) is 5.75 Å². The van der Waals surface area contributed by atoms with Crippen molar-refractivity contribution in [3.05, 3.63) is 83.9 Å². The Bertz CT molecular complexity index is 1090. The second-order valence-corrected chi connectivity index (χ2v) is 8.09. The van der Waals surface area contributed by atoms with Gasteiger partial charge in [0.2, 0.25) is 5.91 Å². The highest BCUT2D eigenvalue weighted by atomic mass is 19.2. The van der Waals surface area contributed by atoms with Crippen molar-refractivity contribution in [3.63, 3.8) is 0 Å². The van der Waals surface area contributed by atoms with Crippen LogP contribution in [0.25, 0.3) is 11.1 Å². The van der Waals surface area contributed by atoms with Gasteiger partial charge in [0.25, 0.3) is 0 Å². The fourth-order valence-electron chi connectivity index (χ4n) is 4.16. The maximum absolute atomic E-state index is 13.5. The first-order chi connectivity index (χ1) is 15.5. The maximum Gasteiger partial charge on any atom is 0.228 e. The number of para-hydroxylation sites is 1. The SMILES string of the molecule is COc1ccc(-c2ccccc2NC(=O)[C@@H]2CCCN(Cc3ccc(F)c(F)c3)C2)cc1. The van der Waals surface area contributed by atoms with Crippen LogP contribution in [0.15, 0.2) is 66.7 Å². The number of methoxy groups -OCH3 is 1. The molecular weight excluding hydrogens is 410 g/mol. The average molecular weight is 437 g/mol. The number of likely N-dealkylation sites (tertiary alicyclic amines) is 1. The minimum Gasteiger partial charge on any atom is -0.497 e. The number of anilines is 1. The van der Waals surface area contributed by atoms with E-state index in [9.17, 15) is 13.6 Å². The summed E-state index contributed by atoms with van der Waals surface area (Å²) in [6.45, 7) is 1.89. The standard InChI is InChI=1S/C26H26F2N2O2/c1-32-21-11-9-19(10-12-21)22-6-2-3-7-25(22)29-26(31)20-5-4-14-30(17-20)16-18-8-13-23(27)24(28)15-18/h2-3,6-13,15,20H,4-5,14,16-17H2,1H3,(H,29,31)/t20-/m1/s1. The van der Waals surface area contributed by atoms with Gasteiger partial charge in [-0.15, -0.1) is 0 Å². The Hall–Kier alpha value is -3.25. The molecule has 0 aromatic heterocycles. The first-order valence-electron chi connectivity index (χ1n) is 10.7. The number of carbonyl (C=O) groups excluding carboxylic acids is 1. The van der Waals surface area contributed by atoms with E-state index < -0.39 is 11.6 Å². The maximum atomic E-state index is 13.5. The van der Waals surface area contributed by atoms with Crippen molar-refractivity contribution in [2.45, 2.75) is 19.4 Å². The smallest absolute Gasteiger partial charge is 0.228 e. The molecule has 0 saturated carbocycles. The zero-order chi connectivity index (χ0) is 22.5. The molecular formula is C26H26F2N2O2. The van der Waals surface area contributed by atoms with Crippen molar-refractivity contribution in [1.82, 2.24) is 4.90 Å². The third-order valence-corrected chi connectivity index (χ3v) is 5.85. The molecule has 0 aliphatic carbocycles. The van der Waals surface area contributed by atoms with Gasteiger partial charge in [-0.05, 0) is 60.8 Å². The van der Waals surface area contributed by atoms with Crippen molar-refractivity contribution in [1.29, 1.82) is 0 Å². The Morgan fingerprint density at radius 2 is 1.84 bits per heavy atom. The van der Waals surface area contributed by atoms with E-state index in [2.05, 4.69) is 10.2 Å². The van der Waals surface area contributed by atoms with E-state index in [-0.39, 0.29) is 11.8 Å². The summed E-state index contributed by atoms with van der Waals surface area (Å²) < 4.78 is 32.0. The Balaban J connectivity index is 1.44. The minimum atomic E-state index is -0.847. The number of rotatable bonds is 6. The normalized spacial score (nSPS) is 16.5. The highest BCUT2D eigenvalue weighted by molar-refractivity contribution is 5.97. The van der Waals surface area contributed by atoms with Gasteiger partial charge in [-0.1, -0.05) is 36.4 Å². The topological polar surface area (TPSA) is 41.6 Å². The number of benzene rings is 3. The number of nitrogens with zero attached hydrogens (tertiary/aromatic N) is 1. The van der Waals surface area contributed by atoms with E-state index in [0.717, 1.165) is 48.0 Å². The number of nitrogens with one attached hydrogen (secondary N) is 1. The highest BCUT2D eigenvalue weighted by Gasteiger charge is 2.26. The summed E-state index contributed by atoms with van der Waals surface area (Å²) in [6.07, 6.45) is 1.67. The van der Waals surface area contributed by atoms with Gasteiger partial charge in [0.1, 0.15) is 5.75 Å². The van der Waals surface area contributed by atoms with Crippen LogP contribution in [-0.2, 0) is 11.3 Å². The fraction of sp³-hybridized carbons (Fsp3) is 0.269. The largest absolute Gasteiger partial charge is 0.497 e. The van der Waals surface area contributed by atoms with Crippen LogP contribution in [0.3, 0.4) is 0 Å². The van der Waals surface area contributed by atoms with Gasteiger partial charge in [-0.25, -0.2) is 8.78 Å². The van der Waals surface area contributed by atoms with Crippen molar-refractivity contribution < 1.29 is 18.3 Å². The number of halogens is 2. The molecule has 3 aromatic carbocycles. The molecule has 4 rings (SSSR count). The molecule has 1 aliphatic heterocycles. The van der Waals surface area contributed by atoms with E-state index >= 15 is 0 Å².